The van der Waals surface area contributed by atoms with Crippen molar-refractivity contribution in [3.05, 3.63) is 45.2 Å². The highest BCUT2D eigenvalue weighted by atomic mass is 79.9. The van der Waals surface area contributed by atoms with E-state index >= 15 is 0 Å². The van der Waals surface area contributed by atoms with E-state index in [2.05, 4.69) is 15.9 Å². The van der Waals surface area contributed by atoms with Crippen LogP contribution in [0.3, 0.4) is 0 Å². The van der Waals surface area contributed by atoms with E-state index < -0.39 is 10.0 Å². The first-order valence-electron chi connectivity index (χ1n) is 6.29. The minimum Gasteiger partial charge on any atom is -0.262 e. The number of anilines is 1. The molecule has 20 heavy (non-hydrogen) atoms. The summed E-state index contributed by atoms with van der Waals surface area (Å²) in [5, 5.41) is 0. The second-order valence-electron chi connectivity index (χ2n) is 5.00. The Hall–Kier alpha value is -0.850. The minimum absolute atomic E-state index is 0.0430. The van der Waals surface area contributed by atoms with E-state index in [4.69, 9.17) is 0 Å². The molecule has 1 atom stereocenters. The summed E-state index contributed by atoms with van der Waals surface area (Å²) in [5.41, 5.74) is 2.85. The van der Waals surface area contributed by atoms with Gasteiger partial charge in [-0.15, -0.1) is 11.3 Å². The predicted molar refractivity (Wildman–Crippen MR) is 86.0 cm³/mol. The average molecular weight is 372 g/mol. The van der Waals surface area contributed by atoms with E-state index in [1.54, 1.807) is 10.4 Å². The van der Waals surface area contributed by atoms with Crippen molar-refractivity contribution < 1.29 is 8.42 Å². The van der Waals surface area contributed by atoms with Crippen molar-refractivity contribution in [1.82, 2.24) is 0 Å². The van der Waals surface area contributed by atoms with Crippen LogP contribution in [0.4, 0.5) is 5.69 Å². The van der Waals surface area contributed by atoms with Crippen LogP contribution in [0.25, 0.3) is 0 Å². The van der Waals surface area contributed by atoms with Crippen LogP contribution < -0.4 is 4.31 Å². The van der Waals surface area contributed by atoms with Gasteiger partial charge >= 0.3 is 0 Å². The van der Waals surface area contributed by atoms with Crippen LogP contribution in [0.5, 0.6) is 0 Å². The molecule has 0 amide bonds. The van der Waals surface area contributed by atoms with Crippen LogP contribution in [0.1, 0.15) is 18.1 Å². The van der Waals surface area contributed by atoms with Crippen LogP contribution in [-0.2, 0) is 16.4 Å². The molecule has 0 saturated carbocycles. The molecule has 0 N–H and O–H groups in total. The highest BCUT2D eigenvalue weighted by molar-refractivity contribution is 9.11. The predicted octanol–water partition coefficient (Wildman–Crippen LogP) is 3.96. The molecule has 3 rings (SSSR count). The van der Waals surface area contributed by atoms with Crippen LogP contribution in [0.15, 0.2) is 38.3 Å². The van der Waals surface area contributed by atoms with E-state index in [1.165, 1.54) is 11.3 Å². The third-order valence-corrected chi connectivity index (χ3v) is 8.01. The molecule has 1 aliphatic heterocycles. The first-order valence-corrected chi connectivity index (χ1v) is 9.34. The van der Waals surface area contributed by atoms with Crippen molar-refractivity contribution in [2.45, 2.75) is 30.5 Å². The fourth-order valence-electron chi connectivity index (χ4n) is 2.56. The summed E-state index contributed by atoms with van der Waals surface area (Å²) in [5.74, 6) is 0. The summed E-state index contributed by atoms with van der Waals surface area (Å²) >= 11 is 4.67. The Bertz CT molecular complexity index is 748. The summed E-state index contributed by atoms with van der Waals surface area (Å²) in [6, 6.07) is 9.40. The number of sulfonamides is 1. The third kappa shape index (κ3) is 2.10. The number of para-hydroxylation sites is 1. The lowest BCUT2D eigenvalue weighted by atomic mass is 10.1. The highest BCUT2D eigenvalue weighted by Gasteiger charge is 2.36. The molecule has 3 nitrogen and oxygen atoms in total. The molecule has 0 aliphatic carbocycles. The van der Waals surface area contributed by atoms with Crippen LogP contribution >= 0.6 is 27.3 Å². The number of benzene rings is 1. The number of fused-ring (bicyclic) bond motifs is 1. The molecular weight excluding hydrogens is 358 g/mol. The second-order valence-corrected chi connectivity index (χ2v) is 9.42. The Morgan fingerprint density at radius 1 is 1.35 bits per heavy atom. The van der Waals surface area contributed by atoms with Gasteiger partial charge in [0, 0.05) is 6.04 Å². The van der Waals surface area contributed by atoms with Gasteiger partial charge in [0.05, 0.1) is 9.47 Å². The number of aryl methyl sites for hydroxylation is 1. The van der Waals surface area contributed by atoms with Gasteiger partial charge in [-0.3, -0.25) is 4.31 Å². The molecule has 0 bridgehead atoms. The third-order valence-electron chi connectivity index (χ3n) is 3.49. The summed E-state index contributed by atoms with van der Waals surface area (Å²) in [6.45, 7) is 3.86. The van der Waals surface area contributed by atoms with E-state index in [0.717, 1.165) is 27.0 Å². The maximum absolute atomic E-state index is 12.9. The molecule has 0 spiro atoms. The summed E-state index contributed by atoms with van der Waals surface area (Å²) in [6.07, 6.45) is 0.765. The number of thiophene rings is 1. The molecule has 1 aromatic carbocycles. The zero-order chi connectivity index (χ0) is 14.5. The molecule has 1 unspecified atom stereocenters. The van der Waals surface area contributed by atoms with Crippen LogP contribution in [0.2, 0.25) is 0 Å². The second kappa shape index (κ2) is 4.86. The first-order chi connectivity index (χ1) is 9.41. The Balaban J connectivity index is 2.12. The van der Waals surface area contributed by atoms with Crippen molar-refractivity contribution in [2.75, 3.05) is 4.31 Å². The quantitative estimate of drug-likeness (QED) is 0.800. The van der Waals surface area contributed by atoms with Gasteiger partial charge in [-0.05, 0) is 59.5 Å². The molecule has 0 radical (unpaired) electrons. The summed E-state index contributed by atoms with van der Waals surface area (Å²) in [7, 11) is -3.48. The maximum atomic E-state index is 12.9. The van der Waals surface area contributed by atoms with Crippen molar-refractivity contribution >= 4 is 43.0 Å². The van der Waals surface area contributed by atoms with Gasteiger partial charge in [-0.25, -0.2) is 8.42 Å². The Kier molecular flexibility index (Phi) is 3.43. The van der Waals surface area contributed by atoms with Crippen molar-refractivity contribution in [3.8, 4) is 0 Å². The van der Waals surface area contributed by atoms with E-state index in [-0.39, 0.29) is 6.04 Å². The number of rotatable bonds is 2. The van der Waals surface area contributed by atoms with Gasteiger partial charge in [0.2, 0.25) is 0 Å². The van der Waals surface area contributed by atoms with Gasteiger partial charge in [0.25, 0.3) is 10.0 Å². The Morgan fingerprint density at radius 2 is 2.05 bits per heavy atom. The van der Waals surface area contributed by atoms with Crippen molar-refractivity contribution in [2.24, 2.45) is 0 Å². The molecule has 2 heterocycles. The van der Waals surface area contributed by atoms with E-state index in [9.17, 15) is 8.42 Å². The molecule has 1 aliphatic rings. The van der Waals surface area contributed by atoms with E-state index in [1.807, 2.05) is 38.1 Å². The molecule has 6 heteroatoms. The molecule has 2 aromatic rings. The van der Waals surface area contributed by atoms with Gasteiger partial charge in [-0.2, -0.15) is 0 Å². The molecule has 106 valence electrons. The summed E-state index contributed by atoms with van der Waals surface area (Å²) < 4.78 is 28.6. The summed E-state index contributed by atoms with van der Waals surface area (Å²) in [4.78, 5) is 0. The Morgan fingerprint density at radius 3 is 2.70 bits per heavy atom. The first kappa shape index (κ1) is 14.1. The topological polar surface area (TPSA) is 37.4 Å². The van der Waals surface area contributed by atoms with Crippen LogP contribution in [-0.4, -0.2) is 14.5 Å². The van der Waals surface area contributed by atoms with E-state index in [0.29, 0.717) is 4.21 Å². The number of nitrogens with zero attached hydrogens (tertiary/aromatic N) is 1. The van der Waals surface area contributed by atoms with Gasteiger partial charge < -0.3 is 0 Å². The fraction of sp³-hybridized carbons (Fsp3) is 0.286. The molecule has 0 fully saturated rings. The largest absolute Gasteiger partial charge is 0.274 e. The maximum Gasteiger partial charge on any atom is 0.274 e. The highest BCUT2D eigenvalue weighted by Crippen LogP contribution is 2.39. The molecule has 0 saturated heterocycles. The van der Waals surface area contributed by atoms with Crippen molar-refractivity contribution in [3.63, 3.8) is 0 Å². The van der Waals surface area contributed by atoms with Gasteiger partial charge in [0.1, 0.15) is 4.21 Å². The number of hydrogen-bond donors (Lipinski definition) is 0. The number of hydrogen-bond acceptors (Lipinski definition) is 3. The monoisotopic (exact) mass is 371 g/mol. The smallest absolute Gasteiger partial charge is 0.262 e. The SMILES string of the molecule is Cc1cc(S(=O)(=O)N2c3ccccc3CC2C)sc1Br. The van der Waals surface area contributed by atoms with Gasteiger partial charge in [-0.1, -0.05) is 18.2 Å². The molecular formula is C14H14BrNO2S2. The lowest BCUT2D eigenvalue weighted by molar-refractivity contribution is 0.586. The lowest BCUT2D eigenvalue weighted by Crippen LogP contribution is -2.35. The zero-order valence-corrected chi connectivity index (χ0v) is 14.3. The normalized spacial score (nSPS) is 18.4. The molecule has 1 aromatic heterocycles. The van der Waals surface area contributed by atoms with Crippen molar-refractivity contribution in [1.29, 1.82) is 0 Å². The van der Waals surface area contributed by atoms with Gasteiger partial charge in [0.15, 0.2) is 0 Å². The Labute approximate surface area is 131 Å². The average Bonchev–Trinajstić information content (AvgIpc) is 2.90. The minimum atomic E-state index is -3.48. The van der Waals surface area contributed by atoms with Crippen LogP contribution in [0, 0.1) is 6.92 Å². The fourth-order valence-corrected chi connectivity index (χ4v) is 6.57. The lowest BCUT2D eigenvalue weighted by Gasteiger charge is -2.23. The standard InChI is InChI=1S/C14H14BrNO2S2/c1-9-7-13(19-14(9)15)20(17,18)16-10(2)8-11-5-3-4-6-12(11)16/h3-7,10H,8H2,1-2H3. The zero-order valence-electron chi connectivity index (χ0n) is 11.1. The number of halogens is 1.